The van der Waals surface area contributed by atoms with Crippen molar-refractivity contribution in [2.75, 3.05) is 0 Å². The van der Waals surface area contributed by atoms with E-state index in [0.29, 0.717) is 44.0 Å². The molecule has 10 aromatic rings. The minimum atomic E-state index is -0.309. The van der Waals surface area contributed by atoms with Crippen LogP contribution in [0.1, 0.15) is 0 Å². The van der Waals surface area contributed by atoms with Crippen molar-refractivity contribution in [3.8, 4) is 44.8 Å². The summed E-state index contributed by atoms with van der Waals surface area (Å²) in [5.41, 5.74) is 11.8. The first kappa shape index (κ1) is 36.1. The molecule has 58 heavy (non-hydrogen) atoms. The average Bonchev–Trinajstić information content (AvgIpc) is 3.79. The standard InChI is InChI=1S/C48H24B7FN2/c49-40-36(28-18-23-34-33(24-28)37-32(27-8-3-1-4-9-27)12-7-13-35(37)57(34)30-10-5-2-6-11-30)41(50)45(54)47-38(40)39-42(51)43(52)44(53)46(55)48(39)58(47)31-21-16-26(17-22-31)25-14-19-29(56)20-15-25/h1-24H. The first-order valence-electron chi connectivity index (χ1n) is 18.7. The maximum absolute atomic E-state index is 13.7. The first-order chi connectivity index (χ1) is 28.1. The number of halogens is 1. The van der Waals surface area contributed by atoms with E-state index in [0.717, 1.165) is 55.3 Å². The zero-order chi connectivity index (χ0) is 40.0. The van der Waals surface area contributed by atoms with Gasteiger partial charge in [-0.15, -0.1) is 10.9 Å². The summed E-state index contributed by atoms with van der Waals surface area (Å²) in [6.45, 7) is 0. The van der Waals surface area contributed by atoms with Gasteiger partial charge in [-0.2, -0.15) is 0 Å². The van der Waals surface area contributed by atoms with Gasteiger partial charge in [0.05, 0.1) is 11.0 Å². The number of hydrogen-bond donors (Lipinski definition) is 0. The lowest BCUT2D eigenvalue weighted by molar-refractivity contribution is 0.628. The lowest BCUT2D eigenvalue weighted by Gasteiger charge is -2.19. The van der Waals surface area contributed by atoms with Crippen molar-refractivity contribution < 1.29 is 4.39 Å². The number of aromatic nitrogens is 2. The summed E-state index contributed by atoms with van der Waals surface area (Å²) >= 11 is 0. The molecule has 0 unspecified atom stereocenters. The topological polar surface area (TPSA) is 9.86 Å². The Hall–Kier alpha value is -6.26. The van der Waals surface area contributed by atoms with Gasteiger partial charge < -0.3 is 9.13 Å². The molecule has 2 nitrogen and oxygen atoms in total. The predicted molar refractivity (Wildman–Crippen MR) is 249 cm³/mol. The lowest BCUT2D eigenvalue weighted by Crippen LogP contribution is -2.48. The van der Waals surface area contributed by atoms with Gasteiger partial charge in [0, 0.05) is 38.6 Å². The van der Waals surface area contributed by atoms with Crippen LogP contribution in [0.4, 0.5) is 4.39 Å². The Morgan fingerprint density at radius 3 is 1.59 bits per heavy atom. The summed E-state index contributed by atoms with van der Waals surface area (Å²) in [5.74, 6) is -0.309. The largest absolute Gasteiger partial charge is 0.311 e. The number of nitrogens with zero attached hydrogens (tertiary/aromatic N) is 2. The second kappa shape index (κ2) is 13.7. The van der Waals surface area contributed by atoms with Crippen molar-refractivity contribution in [3.05, 3.63) is 151 Å². The lowest BCUT2D eigenvalue weighted by atomic mass is 9.64. The van der Waals surface area contributed by atoms with Crippen molar-refractivity contribution in [2.24, 2.45) is 0 Å². The van der Waals surface area contributed by atoms with Gasteiger partial charge in [-0.1, -0.05) is 118 Å². The molecule has 8 aromatic carbocycles. The third-order valence-electron chi connectivity index (χ3n) is 11.4. The van der Waals surface area contributed by atoms with Gasteiger partial charge in [0.15, 0.2) is 0 Å². The molecule has 10 heteroatoms. The van der Waals surface area contributed by atoms with Crippen LogP contribution in [0.5, 0.6) is 0 Å². The summed E-state index contributed by atoms with van der Waals surface area (Å²) in [4.78, 5) is 0. The van der Waals surface area contributed by atoms with E-state index in [1.165, 1.54) is 12.1 Å². The van der Waals surface area contributed by atoms with E-state index in [1.54, 1.807) is 12.1 Å². The smallest absolute Gasteiger partial charge is 0.123 e. The van der Waals surface area contributed by atoms with Gasteiger partial charge in [-0.3, -0.25) is 0 Å². The molecule has 0 atom stereocenters. The second-order valence-corrected chi connectivity index (χ2v) is 14.6. The molecule has 10 rings (SSSR count). The van der Waals surface area contributed by atoms with E-state index < -0.39 is 0 Å². The van der Waals surface area contributed by atoms with Crippen LogP contribution in [-0.2, 0) is 0 Å². The molecule has 0 spiro atoms. The summed E-state index contributed by atoms with van der Waals surface area (Å²) in [7, 11) is 48.2. The number of rotatable bonds is 5. The molecule has 0 fully saturated rings. The van der Waals surface area contributed by atoms with Gasteiger partial charge in [0.1, 0.15) is 60.7 Å². The molecule has 2 aromatic heterocycles. The highest BCUT2D eigenvalue weighted by Gasteiger charge is 2.25. The number of fused-ring (bicyclic) bond motifs is 6. The normalized spacial score (nSPS) is 11.7. The fraction of sp³-hybridized carbons (Fsp3) is 0. The van der Waals surface area contributed by atoms with E-state index in [9.17, 15) is 4.39 Å². The zero-order valence-corrected chi connectivity index (χ0v) is 31.2. The highest BCUT2D eigenvalue weighted by atomic mass is 19.1. The van der Waals surface area contributed by atoms with E-state index in [2.05, 4.69) is 59.2 Å². The molecule has 2 heterocycles. The molecule has 0 aliphatic rings. The molecule has 0 aliphatic heterocycles. The van der Waals surface area contributed by atoms with Crippen LogP contribution in [0.15, 0.2) is 146 Å². The van der Waals surface area contributed by atoms with Gasteiger partial charge in [-0.05, 0) is 93.4 Å². The van der Waals surface area contributed by atoms with Crippen LogP contribution in [0.2, 0.25) is 0 Å². The molecule has 0 saturated heterocycles. The maximum Gasteiger partial charge on any atom is 0.123 e. The molecule has 254 valence electrons. The highest BCUT2D eigenvalue weighted by molar-refractivity contribution is 6.69. The summed E-state index contributed by atoms with van der Waals surface area (Å²) < 4.78 is 17.9. The fourth-order valence-corrected chi connectivity index (χ4v) is 8.65. The second-order valence-electron chi connectivity index (χ2n) is 14.6. The van der Waals surface area contributed by atoms with Crippen molar-refractivity contribution in [1.82, 2.24) is 9.13 Å². The Morgan fingerprint density at radius 1 is 0.362 bits per heavy atom. The fourth-order valence-electron chi connectivity index (χ4n) is 8.65. The Kier molecular flexibility index (Phi) is 8.53. The summed E-state index contributed by atoms with van der Waals surface area (Å²) in [6, 6.07) is 47.3. The zero-order valence-electron chi connectivity index (χ0n) is 31.2. The monoisotopic (exact) mass is 724 g/mol. The van der Waals surface area contributed by atoms with Crippen LogP contribution >= 0.6 is 0 Å². The van der Waals surface area contributed by atoms with Crippen molar-refractivity contribution in [1.29, 1.82) is 0 Å². The Labute approximate surface area is 345 Å². The van der Waals surface area contributed by atoms with Crippen molar-refractivity contribution >= 4 is 137 Å². The van der Waals surface area contributed by atoms with E-state index >= 15 is 0 Å². The highest BCUT2D eigenvalue weighted by Crippen LogP contribution is 2.40. The van der Waals surface area contributed by atoms with E-state index in [1.807, 2.05) is 71.3 Å². The first-order valence-corrected chi connectivity index (χ1v) is 18.7. The molecule has 0 bridgehead atoms. The third-order valence-corrected chi connectivity index (χ3v) is 11.4. The minimum absolute atomic E-state index is 0.149. The molecule has 14 radical (unpaired) electrons. The van der Waals surface area contributed by atoms with Gasteiger partial charge in [0.25, 0.3) is 0 Å². The number of hydrogen-bond acceptors (Lipinski definition) is 0. The summed E-state index contributed by atoms with van der Waals surface area (Å²) in [5, 5.41) is 3.16. The molecule has 0 N–H and O–H groups in total. The third kappa shape index (κ3) is 5.34. The van der Waals surface area contributed by atoms with Crippen molar-refractivity contribution in [3.63, 3.8) is 0 Å². The van der Waals surface area contributed by atoms with Gasteiger partial charge >= 0.3 is 0 Å². The number of benzene rings is 8. The SMILES string of the molecule is [B]c1c([B])c([B])c2c(c1[B])c1c([B])c(-c3ccc4c(c3)c3c(-c5ccccc5)cccc3n4-c3ccccc3)c([B])c([B])c1n2-c1ccc(-c2ccc(F)cc2)cc1. The van der Waals surface area contributed by atoms with Crippen LogP contribution in [0.25, 0.3) is 88.4 Å². The molecule has 0 aliphatic carbocycles. The average molecular weight is 723 g/mol. The predicted octanol–water partition coefficient (Wildman–Crippen LogP) is 4.58. The number of para-hydroxylation sites is 1. The molecule has 0 saturated carbocycles. The van der Waals surface area contributed by atoms with Crippen LogP contribution in [-0.4, -0.2) is 64.1 Å². The van der Waals surface area contributed by atoms with E-state index in [4.69, 9.17) is 54.9 Å². The van der Waals surface area contributed by atoms with Crippen molar-refractivity contribution in [2.45, 2.75) is 0 Å². The van der Waals surface area contributed by atoms with Gasteiger partial charge in [0.2, 0.25) is 0 Å². The Bertz CT molecular complexity index is 3280. The van der Waals surface area contributed by atoms with Crippen LogP contribution in [0, 0.1) is 5.82 Å². The van der Waals surface area contributed by atoms with Crippen LogP contribution < -0.4 is 38.2 Å². The molecular formula is C48H24B7FN2. The Balaban J connectivity index is 1.27. The van der Waals surface area contributed by atoms with Crippen LogP contribution in [0.3, 0.4) is 0 Å². The Morgan fingerprint density at radius 2 is 0.914 bits per heavy atom. The summed E-state index contributed by atoms with van der Waals surface area (Å²) in [6.07, 6.45) is 0. The minimum Gasteiger partial charge on any atom is -0.311 e. The van der Waals surface area contributed by atoms with E-state index in [-0.39, 0.29) is 33.1 Å². The maximum atomic E-state index is 13.7. The van der Waals surface area contributed by atoms with Gasteiger partial charge in [-0.25, -0.2) is 4.39 Å². The molecule has 0 amide bonds. The quantitative estimate of drug-likeness (QED) is 0.231. The molecular weight excluding hydrogens is 699 g/mol.